The van der Waals surface area contributed by atoms with Crippen LogP contribution in [-0.2, 0) is 9.59 Å². The molecule has 0 fully saturated rings. The van der Waals surface area contributed by atoms with Gasteiger partial charge in [-0.05, 0) is 18.4 Å². The Bertz CT molecular complexity index is 236. The van der Waals surface area contributed by atoms with Crippen molar-refractivity contribution in [1.82, 2.24) is 4.90 Å². The Kier molecular flexibility index (Phi) is 4.91. The number of hydrogen-bond acceptors (Lipinski definition) is 2. The van der Waals surface area contributed by atoms with Crippen molar-refractivity contribution in [3.05, 3.63) is 12.7 Å². The number of aliphatic carboxylic acids is 1. The molecule has 0 spiro atoms. The molecule has 0 rings (SSSR count). The third-order valence-electron chi connectivity index (χ3n) is 1.97. The van der Waals surface area contributed by atoms with Gasteiger partial charge in [0.05, 0.1) is 0 Å². The summed E-state index contributed by atoms with van der Waals surface area (Å²) in [5.41, 5.74) is 0. The summed E-state index contributed by atoms with van der Waals surface area (Å²) in [6.45, 7) is 7.16. The average Bonchev–Trinajstić information content (AvgIpc) is 2.11. The quantitative estimate of drug-likeness (QED) is 0.675. The number of rotatable bonds is 5. The fourth-order valence-corrected chi connectivity index (χ4v) is 1.17. The third kappa shape index (κ3) is 3.60. The maximum absolute atomic E-state index is 11.2. The molecule has 1 N–H and O–H groups in total. The molecule has 0 radical (unpaired) electrons. The van der Waals surface area contributed by atoms with Crippen LogP contribution < -0.4 is 0 Å². The number of nitrogens with zero attached hydrogens (tertiary/aromatic N) is 1. The summed E-state index contributed by atoms with van der Waals surface area (Å²) in [4.78, 5) is 23.3. The number of carboxylic acid groups (broad SMARTS) is 1. The molecule has 0 bridgehead atoms. The summed E-state index contributed by atoms with van der Waals surface area (Å²) < 4.78 is 0. The second kappa shape index (κ2) is 5.42. The first-order valence-corrected chi connectivity index (χ1v) is 4.52. The van der Waals surface area contributed by atoms with Crippen LogP contribution in [0.5, 0.6) is 0 Å². The van der Waals surface area contributed by atoms with Gasteiger partial charge < -0.3 is 10.0 Å². The highest BCUT2D eigenvalue weighted by molar-refractivity contribution is 5.90. The molecule has 14 heavy (non-hydrogen) atoms. The Morgan fingerprint density at radius 1 is 1.50 bits per heavy atom. The van der Waals surface area contributed by atoms with Crippen LogP contribution in [-0.4, -0.2) is 35.0 Å². The molecule has 0 heterocycles. The summed E-state index contributed by atoms with van der Waals surface area (Å²) >= 11 is 0. The fourth-order valence-electron chi connectivity index (χ4n) is 1.17. The average molecular weight is 199 g/mol. The molecule has 80 valence electrons. The summed E-state index contributed by atoms with van der Waals surface area (Å²) in [5.74, 6) is -1.11. The number of hydrogen-bond donors (Lipinski definition) is 1. The lowest BCUT2D eigenvalue weighted by Crippen LogP contribution is -2.42. The zero-order valence-electron chi connectivity index (χ0n) is 8.86. The second-order valence-corrected chi connectivity index (χ2v) is 3.64. The van der Waals surface area contributed by atoms with Gasteiger partial charge in [0.25, 0.3) is 0 Å². The maximum atomic E-state index is 11.2. The molecule has 0 aromatic rings. The molecule has 4 nitrogen and oxygen atoms in total. The molecule has 0 saturated heterocycles. The smallest absolute Gasteiger partial charge is 0.326 e. The Morgan fingerprint density at radius 3 is 2.29 bits per heavy atom. The number of likely N-dealkylation sites (N-methyl/N-ethyl adjacent to an activating group) is 1. The Morgan fingerprint density at radius 2 is 2.00 bits per heavy atom. The van der Waals surface area contributed by atoms with Gasteiger partial charge in [-0.2, -0.15) is 0 Å². The van der Waals surface area contributed by atoms with E-state index in [4.69, 9.17) is 5.11 Å². The summed E-state index contributed by atoms with van der Waals surface area (Å²) in [7, 11) is 1.48. The first kappa shape index (κ1) is 12.7. The van der Waals surface area contributed by atoms with Gasteiger partial charge >= 0.3 is 5.97 Å². The summed E-state index contributed by atoms with van der Waals surface area (Å²) in [6.07, 6.45) is 1.57. The first-order chi connectivity index (χ1) is 6.40. The number of carboxylic acids is 1. The van der Waals surface area contributed by atoms with E-state index < -0.39 is 12.0 Å². The molecule has 0 aliphatic carbocycles. The van der Waals surface area contributed by atoms with Gasteiger partial charge in [0.15, 0.2) is 0 Å². The molecule has 1 atom stereocenters. The minimum atomic E-state index is -0.976. The van der Waals surface area contributed by atoms with Crippen molar-refractivity contribution in [3.63, 3.8) is 0 Å². The van der Waals surface area contributed by atoms with Crippen LogP contribution in [0.2, 0.25) is 0 Å². The Hall–Kier alpha value is -1.32. The van der Waals surface area contributed by atoms with Gasteiger partial charge in [0, 0.05) is 7.05 Å². The topological polar surface area (TPSA) is 57.6 Å². The molecule has 0 aromatic heterocycles. The van der Waals surface area contributed by atoms with Gasteiger partial charge in [0.1, 0.15) is 6.04 Å². The van der Waals surface area contributed by atoms with E-state index in [1.807, 2.05) is 13.8 Å². The van der Waals surface area contributed by atoms with E-state index in [0.29, 0.717) is 6.42 Å². The first-order valence-electron chi connectivity index (χ1n) is 4.52. The van der Waals surface area contributed by atoms with E-state index in [9.17, 15) is 9.59 Å². The van der Waals surface area contributed by atoms with Crippen LogP contribution in [0.3, 0.4) is 0 Å². The van der Waals surface area contributed by atoms with Crippen LogP contribution >= 0.6 is 0 Å². The highest BCUT2D eigenvalue weighted by Gasteiger charge is 2.25. The Balaban J connectivity index is 4.56. The fraction of sp³-hybridized carbons (Fsp3) is 0.600. The molecule has 0 unspecified atom stereocenters. The van der Waals surface area contributed by atoms with Crippen molar-refractivity contribution in [2.75, 3.05) is 7.05 Å². The van der Waals surface area contributed by atoms with Crippen LogP contribution in [0.1, 0.15) is 20.3 Å². The second-order valence-electron chi connectivity index (χ2n) is 3.64. The molecule has 0 aromatic carbocycles. The normalized spacial score (nSPS) is 12.3. The summed E-state index contributed by atoms with van der Waals surface area (Å²) in [5, 5.41) is 8.91. The van der Waals surface area contributed by atoms with Gasteiger partial charge in [-0.15, -0.1) is 0 Å². The molecular formula is C10H17NO3. The highest BCUT2D eigenvalue weighted by atomic mass is 16.4. The number of amides is 1. The van der Waals surface area contributed by atoms with E-state index in [1.165, 1.54) is 11.9 Å². The van der Waals surface area contributed by atoms with Gasteiger partial charge in [-0.1, -0.05) is 20.4 Å². The van der Waals surface area contributed by atoms with Crippen molar-refractivity contribution in [2.24, 2.45) is 5.92 Å². The zero-order valence-corrected chi connectivity index (χ0v) is 8.86. The predicted molar refractivity (Wildman–Crippen MR) is 53.8 cm³/mol. The van der Waals surface area contributed by atoms with Crippen molar-refractivity contribution in [1.29, 1.82) is 0 Å². The molecule has 0 saturated carbocycles. The minimum Gasteiger partial charge on any atom is -0.480 e. The third-order valence-corrected chi connectivity index (χ3v) is 1.97. The SMILES string of the molecule is C=CC(=O)N(C)[C@@H](CC(C)C)C(=O)O. The largest absolute Gasteiger partial charge is 0.480 e. The van der Waals surface area contributed by atoms with Gasteiger partial charge in [0.2, 0.25) is 5.91 Å². The molecule has 0 aliphatic rings. The van der Waals surface area contributed by atoms with Crippen LogP contribution in [0.4, 0.5) is 0 Å². The summed E-state index contributed by atoms with van der Waals surface area (Å²) in [6, 6.07) is -0.763. The minimum absolute atomic E-state index is 0.233. The van der Waals surface area contributed by atoms with E-state index in [2.05, 4.69) is 6.58 Å². The lowest BCUT2D eigenvalue weighted by molar-refractivity contribution is -0.148. The number of carbonyl (C=O) groups excluding carboxylic acids is 1. The van der Waals surface area contributed by atoms with E-state index in [0.717, 1.165) is 6.08 Å². The maximum Gasteiger partial charge on any atom is 0.326 e. The zero-order chi connectivity index (χ0) is 11.3. The highest BCUT2D eigenvalue weighted by Crippen LogP contribution is 2.10. The molecule has 4 heteroatoms. The lowest BCUT2D eigenvalue weighted by atomic mass is 10.0. The molecular weight excluding hydrogens is 182 g/mol. The van der Waals surface area contributed by atoms with Gasteiger partial charge in [-0.3, -0.25) is 4.79 Å². The molecule has 0 aliphatic heterocycles. The van der Waals surface area contributed by atoms with Crippen LogP contribution in [0.25, 0.3) is 0 Å². The van der Waals surface area contributed by atoms with Crippen molar-refractivity contribution < 1.29 is 14.7 Å². The monoisotopic (exact) mass is 199 g/mol. The Labute approximate surface area is 84.2 Å². The van der Waals surface area contributed by atoms with Crippen molar-refractivity contribution >= 4 is 11.9 Å². The lowest BCUT2D eigenvalue weighted by Gasteiger charge is -2.24. The van der Waals surface area contributed by atoms with Crippen LogP contribution in [0, 0.1) is 5.92 Å². The van der Waals surface area contributed by atoms with E-state index in [1.54, 1.807) is 0 Å². The van der Waals surface area contributed by atoms with E-state index in [-0.39, 0.29) is 11.8 Å². The standard InChI is InChI=1S/C10H17NO3/c1-5-9(12)11(4)8(10(13)14)6-7(2)3/h5,7-8H,1,6H2,2-4H3,(H,13,14)/t8-/m0/s1. The van der Waals surface area contributed by atoms with Crippen LogP contribution in [0.15, 0.2) is 12.7 Å². The molecule has 1 amide bonds. The van der Waals surface area contributed by atoms with Crippen molar-refractivity contribution in [2.45, 2.75) is 26.3 Å². The van der Waals surface area contributed by atoms with Crippen molar-refractivity contribution in [3.8, 4) is 0 Å². The predicted octanol–water partition coefficient (Wildman–Crippen LogP) is 1.13. The number of carbonyl (C=O) groups is 2. The van der Waals surface area contributed by atoms with E-state index >= 15 is 0 Å². The van der Waals surface area contributed by atoms with Gasteiger partial charge in [-0.25, -0.2) is 4.79 Å².